The zero-order valence-electron chi connectivity index (χ0n) is 12.6. The lowest BCUT2D eigenvalue weighted by Gasteiger charge is -2.19. The third-order valence-electron chi connectivity index (χ3n) is 2.65. The number of amides is 1. The SMILES string of the molecule is CC(C)(C)OC(=O)Nc1cccc(NCc2ccc[nH]2)c1. The van der Waals surface area contributed by atoms with Crippen LogP contribution in [0.15, 0.2) is 42.6 Å². The minimum absolute atomic E-state index is 0.455. The van der Waals surface area contributed by atoms with E-state index in [-0.39, 0.29) is 0 Å². The van der Waals surface area contributed by atoms with Crippen LogP contribution in [0.4, 0.5) is 16.2 Å². The third-order valence-corrected chi connectivity index (χ3v) is 2.65. The maximum absolute atomic E-state index is 11.7. The lowest BCUT2D eigenvalue weighted by Crippen LogP contribution is -2.27. The van der Waals surface area contributed by atoms with Crippen molar-refractivity contribution >= 4 is 17.5 Å². The van der Waals surface area contributed by atoms with Crippen LogP contribution in [-0.4, -0.2) is 16.7 Å². The van der Waals surface area contributed by atoms with E-state index in [4.69, 9.17) is 4.74 Å². The van der Waals surface area contributed by atoms with Crippen LogP contribution in [-0.2, 0) is 11.3 Å². The first-order chi connectivity index (χ1) is 9.92. The highest BCUT2D eigenvalue weighted by molar-refractivity contribution is 5.85. The highest BCUT2D eigenvalue weighted by Crippen LogP contribution is 2.17. The molecular weight excluding hydrogens is 266 g/mol. The Kier molecular flexibility index (Phi) is 4.52. The molecule has 5 heteroatoms. The van der Waals surface area contributed by atoms with Gasteiger partial charge in [0.15, 0.2) is 0 Å². The summed E-state index contributed by atoms with van der Waals surface area (Å²) in [5.41, 5.74) is 2.22. The van der Waals surface area contributed by atoms with Crippen molar-refractivity contribution in [3.63, 3.8) is 0 Å². The Bertz CT molecular complexity index is 586. The van der Waals surface area contributed by atoms with Crippen molar-refractivity contribution in [3.8, 4) is 0 Å². The van der Waals surface area contributed by atoms with Gasteiger partial charge in [0.1, 0.15) is 5.60 Å². The maximum Gasteiger partial charge on any atom is 0.412 e. The number of hydrogen-bond donors (Lipinski definition) is 3. The molecule has 0 aliphatic carbocycles. The van der Waals surface area contributed by atoms with Gasteiger partial charge in [-0.25, -0.2) is 4.79 Å². The molecule has 1 aromatic heterocycles. The first-order valence-electron chi connectivity index (χ1n) is 6.88. The van der Waals surface area contributed by atoms with Crippen LogP contribution in [0.3, 0.4) is 0 Å². The van der Waals surface area contributed by atoms with Gasteiger partial charge in [0, 0.05) is 23.3 Å². The second-order valence-electron chi connectivity index (χ2n) is 5.76. The molecule has 0 radical (unpaired) electrons. The Morgan fingerprint density at radius 3 is 2.62 bits per heavy atom. The summed E-state index contributed by atoms with van der Waals surface area (Å²) in [6, 6.07) is 11.5. The van der Waals surface area contributed by atoms with E-state index in [1.54, 1.807) is 0 Å². The largest absolute Gasteiger partial charge is 0.444 e. The Morgan fingerprint density at radius 1 is 1.19 bits per heavy atom. The molecule has 1 amide bonds. The van der Waals surface area contributed by atoms with E-state index in [0.717, 1.165) is 11.4 Å². The van der Waals surface area contributed by atoms with E-state index in [1.165, 1.54) is 0 Å². The summed E-state index contributed by atoms with van der Waals surface area (Å²) < 4.78 is 5.22. The average Bonchev–Trinajstić information content (AvgIpc) is 2.87. The number of aromatic amines is 1. The van der Waals surface area contributed by atoms with Crippen LogP contribution in [0.5, 0.6) is 0 Å². The zero-order chi connectivity index (χ0) is 15.3. The Labute approximate surface area is 124 Å². The van der Waals surface area contributed by atoms with Gasteiger partial charge < -0.3 is 15.0 Å². The molecule has 0 saturated carbocycles. The summed E-state index contributed by atoms with van der Waals surface area (Å²) in [5.74, 6) is 0. The molecule has 0 aliphatic rings. The van der Waals surface area contributed by atoms with E-state index in [9.17, 15) is 4.79 Å². The third kappa shape index (κ3) is 5.22. The van der Waals surface area contributed by atoms with Crippen LogP contribution in [0.25, 0.3) is 0 Å². The normalized spacial score (nSPS) is 11.0. The number of benzene rings is 1. The maximum atomic E-state index is 11.7. The van der Waals surface area contributed by atoms with Crippen molar-refractivity contribution < 1.29 is 9.53 Å². The highest BCUT2D eigenvalue weighted by Gasteiger charge is 2.16. The van der Waals surface area contributed by atoms with Crippen LogP contribution in [0.1, 0.15) is 26.5 Å². The summed E-state index contributed by atoms with van der Waals surface area (Å²) in [6.45, 7) is 6.20. The molecular formula is C16H21N3O2. The fourth-order valence-electron chi connectivity index (χ4n) is 1.80. The molecule has 0 spiro atoms. The monoisotopic (exact) mass is 287 g/mol. The minimum atomic E-state index is -0.506. The number of carbonyl (C=O) groups excluding carboxylic acids is 1. The molecule has 0 aliphatic heterocycles. The smallest absolute Gasteiger partial charge is 0.412 e. The number of aromatic nitrogens is 1. The van der Waals surface area contributed by atoms with E-state index < -0.39 is 11.7 Å². The molecule has 2 aromatic rings. The molecule has 0 bridgehead atoms. The van der Waals surface area contributed by atoms with Crippen LogP contribution >= 0.6 is 0 Å². The van der Waals surface area contributed by atoms with E-state index in [1.807, 2.05) is 63.4 Å². The van der Waals surface area contributed by atoms with Crippen molar-refractivity contribution in [3.05, 3.63) is 48.3 Å². The fraction of sp³-hybridized carbons (Fsp3) is 0.312. The van der Waals surface area contributed by atoms with E-state index in [2.05, 4.69) is 15.6 Å². The number of rotatable bonds is 4. The van der Waals surface area contributed by atoms with Crippen molar-refractivity contribution in [2.45, 2.75) is 32.9 Å². The molecule has 0 unspecified atom stereocenters. The van der Waals surface area contributed by atoms with E-state index in [0.29, 0.717) is 12.2 Å². The molecule has 2 rings (SSSR count). The average molecular weight is 287 g/mol. The van der Waals surface area contributed by atoms with Crippen LogP contribution in [0, 0.1) is 0 Å². The first-order valence-corrected chi connectivity index (χ1v) is 6.88. The molecule has 0 fully saturated rings. The number of carbonyl (C=O) groups is 1. The number of H-pyrrole nitrogens is 1. The quantitative estimate of drug-likeness (QED) is 0.797. The van der Waals surface area contributed by atoms with Gasteiger partial charge in [-0.05, 0) is 51.1 Å². The summed E-state index contributed by atoms with van der Waals surface area (Å²) in [6.07, 6.45) is 1.43. The van der Waals surface area contributed by atoms with Gasteiger partial charge in [0.25, 0.3) is 0 Å². The van der Waals surface area contributed by atoms with Crippen molar-refractivity contribution in [2.75, 3.05) is 10.6 Å². The summed E-state index contributed by atoms with van der Waals surface area (Å²) in [4.78, 5) is 14.9. The predicted molar refractivity (Wildman–Crippen MR) is 84.4 cm³/mol. The number of nitrogens with one attached hydrogen (secondary N) is 3. The molecule has 3 N–H and O–H groups in total. The standard InChI is InChI=1S/C16H21N3O2/c1-16(2,3)21-15(20)19-13-7-4-6-12(10-13)18-11-14-8-5-9-17-14/h4-10,17-18H,11H2,1-3H3,(H,19,20). The van der Waals surface area contributed by atoms with Crippen LogP contribution in [0.2, 0.25) is 0 Å². The van der Waals surface area contributed by atoms with Gasteiger partial charge in [-0.1, -0.05) is 6.07 Å². The Hall–Kier alpha value is -2.43. The fourth-order valence-corrected chi connectivity index (χ4v) is 1.80. The Morgan fingerprint density at radius 2 is 1.95 bits per heavy atom. The van der Waals surface area contributed by atoms with Gasteiger partial charge in [0.05, 0.1) is 6.54 Å². The molecule has 0 atom stereocenters. The second kappa shape index (κ2) is 6.35. The highest BCUT2D eigenvalue weighted by atomic mass is 16.6. The van der Waals surface area contributed by atoms with Gasteiger partial charge >= 0.3 is 6.09 Å². The zero-order valence-corrected chi connectivity index (χ0v) is 12.6. The van der Waals surface area contributed by atoms with Crippen molar-refractivity contribution in [1.29, 1.82) is 0 Å². The molecule has 1 heterocycles. The topological polar surface area (TPSA) is 66.2 Å². The first kappa shape index (κ1) is 15.0. The number of anilines is 2. The van der Waals surface area contributed by atoms with Gasteiger partial charge in [0.2, 0.25) is 0 Å². The second-order valence-corrected chi connectivity index (χ2v) is 5.76. The van der Waals surface area contributed by atoms with Gasteiger partial charge in [-0.2, -0.15) is 0 Å². The van der Waals surface area contributed by atoms with Crippen molar-refractivity contribution in [1.82, 2.24) is 4.98 Å². The molecule has 112 valence electrons. The predicted octanol–water partition coefficient (Wildman–Crippen LogP) is 3.97. The molecule has 1 aromatic carbocycles. The minimum Gasteiger partial charge on any atom is -0.444 e. The van der Waals surface area contributed by atoms with Crippen molar-refractivity contribution in [2.24, 2.45) is 0 Å². The molecule has 5 nitrogen and oxygen atoms in total. The summed E-state index contributed by atoms with van der Waals surface area (Å²) in [5, 5.41) is 6.01. The molecule has 21 heavy (non-hydrogen) atoms. The summed E-state index contributed by atoms with van der Waals surface area (Å²) >= 11 is 0. The lowest BCUT2D eigenvalue weighted by atomic mass is 10.2. The number of hydrogen-bond acceptors (Lipinski definition) is 3. The van der Waals surface area contributed by atoms with Crippen LogP contribution < -0.4 is 10.6 Å². The van der Waals surface area contributed by atoms with Gasteiger partial charge in [-0.3, -0.25) is 5.32 Å². The summed E-state index contributed by atoms with van der Waals surface area (Å²) in [7, 11) is 0. The van der Waals surface area contributed by atoms with Gasteiger partial charge in [-0.15, -0.1) is 0 Å². The Balaban J connectivity index is 1.92. The number of ether oxygens (including phenoxy) is 1. The van der Waals surface area contributed by atoms with E-state index >= 15 is 0 Å². The molecule has 0 saturated heterocycles. The lowest BCUT2D eigenvalue weighted by molar-refractivity contribution is 0.0636.